The van der Waals surface area contributed by atoms with Crippen LogP contribution in [0.4, 0.5) is 31.0 Å². The number of hydrogen-bond donors (Lipinski definition) is 2. The standard InChI is InChI=1S/C27H33F2N7O3/c1-16-19-6-5-18(13-21(19)36(34-16)26(37)39-27(2,3)4)31-25-32-20-9-12-38-23(20)24(33-25)35-10-7-17(8-11-35)14-30-15-22(28)29/h5-6,9,12-13,17,22,30H,7-8,10-11,14-15H2,1-4H3,(H,31,32,33). The molecule has 0 saturated carbocycles. The van der Waals surface area contributed by atoms with Crippen molar-refractivity contribution in [1.29, 1.82) is 0 Å². The molecule has 0 unspecified atom stereocenters. The fourth-order valence-corrected chi connectivity index (χ4v) is 4.79. The highest BCUT2D eigenvalue weighted by molar-refractivity contribution is 5.92. The molecule has 4 heterocycles. The molecule has 1 saturated heterocycles. The number of hydrogen-bond acceptors (Lipinski definition) is 9. The van der Waals surface area contributed by atoms with Gasteiger partial charge in [0.05, 0.1) is 24.0 Å². The molecule has 1 fully saturated rings. The first-order valence-electron chi connectivity index (χ1n) is 13.1. The number of rotatable bonds is 7. The predicted octanol–water partition coefficient (Wildman–Crippen LogP) is 5.48. The molecule has 0 atom stereocenters. The van der Waals surface area contributed by atoms with Crippen molar-refractivity contribution in [3.63, 3.8) is 0 Å². The van der Waals surface area contributed by atoms with Crippen LogP contribution in [0.3, 0.4) is 0 Å². The number of nitrogens with one attached hydrogen (secondary N) is 2. The van der Waals surface area contributed by atoms with Gasteiger partial charge in [-0.1, -0.05) is 0 Å². The molecule has 0 aliphatic carbocycles. The second-order valence-electron chi connectivity index (χ2n) is 10.8. The van der Waals surface area contributed by atoms with Crippen LogP contribution in [-0.4, -0.2) is 64.0 Å². The van der Waals surface area contributed by atoms with E-state index in [4.69, 9.17) is 14.1 Å². The van der Waals surface area contributed by atoms with Crippen LogP contribution in [-0.2, 0) is 4.74 Å². The third-order valence-electron chi connectivity index (χ3n) is 6.62. The Kier molecular flexibility index (Phi) is 7.39. The van der Waals surface area contributed by atoms with Crippen LogP contribution < -0.4 is 15.5 Å². The summed E-state index contributed by atoms with van der Waals surface area (Å²) in [5.74, 6) is 1.40. The van der Waals surface area contributed by atoms with Crippen molar-refractivity contribution in [2.24, 2.45) is 5.92 Å². The lowest BCUT2D eigenvalue weighted by Gasteiger charge is -2.33. The minimum Gasteiger partial charge on any atom is -0.459 e. The Balaban J connectivity index is 1.37. The van der Waals surface area contributed by atoms with E-state index in [0.29, 0.717) is 52.2 Å². The lowest BCUT2D eigenvalue weighted by atomic mass is 9.97. The highest BCUT2D eigenvalue weighted by atomic mass is 19.3. The highest BCUT2D eigenvalue weighted by Gasteiger charge is 2.25. The molecule has 1 aliphatic heterocycles. The number of benzene rings is 1. The van der Waals surface area contributed by atoms with Gasteiger partial charge in [-0.3, -0.25) is 0 Å². The molecule has 0 radical (unpaired) electrons. The lowest BCUT2D eigenvalue weighted by Crippen LogP contribution is -2.38. The molecule has 3 aromatic heterocycles. The largest absolute Gasteiger partial charge is 0.459 e. The van der Waals surface area contributed by atoms with Crippen LogP contribution in [0.15, 0.2) is 34.9 Å². The van der Waals surface area contributed by atoms with E-state index in [1.54, 1.807) is 12.3 Å². The van der Waals surface area contributed by atoms with Crippen LogP contribution in [0.1, 0.15) is 39.3 Å². The lowest BCUT2D eigenvalue weighted by molar-refractivity contribution is 0.0522. The topological polar surface area (TPSA) is 110 Å². The number of aromatic nitrogens is 4. The molecule has 10 nitrogen and oxygen atoms in total. The highest BCUT2D eigenvalue weighted by Crippen LogP contribution is 2.31. The number of halogens is 2. The average molecular weight is 542 g/mol. The van der Waals surface area contributed by atoms with Gasteiger partial charge in [-0.2, -0.15) is 14.8 Å². The molecule has 39 heavy (non-hydrogen) atoms. The van der Waals surface area contributed by atoms with Crippen LogP contribution in [0.2, 0.25) is 0 Å². The zero-order chi connectivity index (χ0) is 27.7. The van der Waals surface area contributed by atoms with Gasteiger partial charge in [-0.15, -0.1) is 0 Å². The van der Waals surface area contributed by atoms with Gasteiger partial charge in [0.15, 0.2) is 11.4 Å². The summed E-state index contributed by atoms with van der Waals surface area (Å²) in [6.07, 6.45) is 0.406. The average Bonchev–Trinajstić information content (AvgIpc) is 3.47. The molecule has 1 aliphatic rings. The van der Waals surface area contributed by atoms with E-state index in [9.17, 15) is 13.6 Å². The minimum atomic E-state index is -2.34. The molecule has 1 aromatic carbocycles. The molecule has 0 bridgehead atoms. The number of nitrogens with zero attached hydrogens (tertiary/aromatic N) is 5. The second kappa shape index (κ2) is 10.8. The number of fused-ring (bicyclic) bond motifs is 2. The third kappa shape index (κ3) is 6.11. The van der Waals surface area contributed by atoms with Gasteiger partial charge >= 0.3 is 6.09 Å². The number of carbonyl (C=O) groups is 1. The predicted molar refractivity (Wildman–Crippen MR) is 145 cm³/mol. The normalized spacial score (nSPS) is 15.0. The Labute approximate surface area is 224 Å². The fraction of sp³-hybridized carbons (Fsp3) is 0.481. The molecular formula is C27H33F2N7O3. The van der Waals surface area contributed by atoms with E-state index in [0.717, 1.165) is 31.3 Å². The quantitative estimate of drug-likeness (QED) is 0.314. The minimum absolute atomic E-state index is 0.280. The number of piperidine rings is 1. The smallest absolute Gasteiger partial charge is 0.435 e. The Morgan fingerprint density at radius 2 is 1.97 bits per heavy atom. The Morgan fingerprint density at radius 3 is 2.69 bits per heavy atom. The van der Waals surface area contributed by atoms with Crippen molar-refractivity contribution in [1.82, 2.24) is 25.1 Å². The summed E-state index contributed by atoms with van der Waals surface area (Å²) in [7, 11) is 0. The van der Waals surface area contributed by atoms with E-state index in [-0.39, 0.29) is 6.54 Å². The van der Waals surface area contributed by atoms with Crippen LogP contribution in [0.25, 0.3) is 22.0 Å². The van der Waals surface area contributed by atoms with E-state index in [2.05, 4.69) is 25.6 Å². The zero-order valence-electron chi connectivity index (χ0n) is 22.5. The zero-order valence-corrected chi connectivity index (χ0v) is 22.5. The van der Waals surface area contributed by atoms with Gasteiger partial charge in [0.25, 0.3) is 6.43 Å². The van der Waals surface area contributed by atoms with Gasteiger partial charge in [0.1, 0.15) is 11.1 Å². The molecule has 4 aromatic rings. The van der Waals surface area contributed by atoms with Crippen LogP contribution in [0, 0.1) is 12.8 Å². The van der Waals surface area contributed by atoms with Gasteiger partial charge in [0, 0.05) is 30.2 Å². The van der Waals surface area contributed by atoms with Gasteiger partial charge in [0.2, 0.25) is 5.95 Å². The maximum absolute atomic E-state index is 12.8. The van der Waals surface area contributed by atoms with Crippen molar-refractivity contribution in [3.8, 4) is 0 Å². The van der Waals surface area contributed by atoms with Gasteiger partial charge in [-0.25, -0.2) is 18.6 Å². The number of anilines is 3. The van der Waals surface area contributed by atoms with E-state index < -0.39 is 18.1 Å². The van der Waals surface area contributed by atoms with Crippen molar-refractivity contribution < 1.29 is 22.7 Å². The molecule has 0 spiro atoms. The summed E-state index contributed by atoms with van der Waals surface area (Å²) >= 11 is 0. The van der Waals surface area contributed by atoms with E-state index in [1.165, 1.54) is 4.68 Å². The first-order valence-corrected chi connectivity index (χ1v) is 13.1. The maximum Gasteiger partial charge on any atom is 0.435 e. The summed E-state index contributed by atoms with van der Waals surface area (Å²) in [5, 5.41) is 11.3. The first-order chi connectivity index (χ1) is 18.6. The number of alkyl halides is 2. The van der Waals surface area contributed by atoms with Crippen LogP contribution in [0.5, 0.6) is 0 Å². The summed E-state index contributed by atoms with van der Waals surface area (Å²) in [6.45, 7) is 9.03. The van der Waals surface area contributed by atoms with Crippen molar-refractivity contribution >= 4 is 45.5 Å². The Hall–Kier alpha value is -3.80. The maximum atomic E-state index is 12.8. The van der Waals surface area contributed by atoms with E-state index >= 15 is 0 Å². The van der Waals surface area contributed by atoms with Crippen LogP contribution >= 0.6 is 0 Å². The molecule has 2 N–H and O–H groups in total. The second-order valence-corrected chi connectivity index (χ2v) is 10.8. The Morgan fingerprint density at radius 1 is 1.21 bits per heavy atom. The molecular weight excluding hydrogens is 508 g/mol. The van der Waals surface area contributed by atoms with Crippen molar-refractivity contribution in [3.05, 3.63) is 36.2 Å². The molecule has 12 heteroatoms. The molecule has 208 valence electrons. The number of furan rings is 1. The summed E-state index contributed by atoms with van der Waals surface area (Å²) in [4.78, 5) is 24.3. The number of carbonyl (C=O) groups excluding carboxylic acids is 1. The summed E-state index contributed by atoms with van der Waals surface area (Å²) in [6, 6.07) is 7.39. The van der Waals surface area contributed by atoms with E-state index in [1.807, 2.05) is 45.9 Å². The summed E-state index contributed by atoms with van der Waals surface area (Å²) in [5.41, 5.74) is 2.63. The molecule has 0 amide bonds. The third-order valence-corrected chi connectivity index (χ3v) is 6.62. The SMILES string of the molecule is Cc1nn(C(=O)OC(C)(C)C)c2cc(Nc3nc(N4CCC(CNCC(F)F)CC4)c4occc4n3)ccc12. The fourth-order valence-electron chi connectivity index (χ4n) is 4.79. The number of aryl methyl sites for hydroxylation is 1. The Bertz CT molecular complexity index is 1470. The monoisotopic (exact) mass is 541 g/mol. The van der Waals surface area contributed by atoms with Gasteiger partial charge < -0.3 is 24.7 Å². The summed E-state index contributed by atoms with van der Waals surface area (Å²) < 4.78 is 37.4. The number of ether oxygens (including phenoxy) is 1. The van der Waals surface area contributed by atoms with Crippen molar-refractivity contribution in [2.75, 3.05) is 36.4 Å². The molecule has 5 rings (SSSR count). The van der Waals surface area contributed by atoms with Crippen molar-refractivity contribution in [2.45, 2.75) is 52.6 Å². The first kappa shape index (κ1) is 26.8. The van der Waals surface area contributed by atoms with Gasteiger partial charge in [-0.05, 0) is 71.2 Å².